The highest BCUT2D eigenvalue weighted by Gasteiger charge is 1.87. The van der Waals surface area contributed by atoms with Gasteiger partial charge in [0.1, 0.15) is 0 Å². The van der Waals surface area contributed by atoms with Crippen molar-refractivity contribution in [2.24, 2.45) is 0 Å². The Morgan fingerprint density at radius 2 is 1.82 bits per heavy atom. The summed E-state index contributed by atoms with van der Waals surface area (Å²) in [6, 6.07) is 0. The van der Waals surface area contributed by atoms with Gasteiger partial charge in [-0.05, 0) is 13.8 Å². The van der Waals surface area contributed by atoms with E-state index >= 15 is 0 Å². The molecule has 0 aromatic carbocycles. The van der Waals surface area contributed by atoms with Crippen LogP contribution in [0.15, 0.2) is 19.5 Å². The molecule has 1 aromatic heterocycles. The highest BCUT2D eigenvalue weighted by atomic mass is 14.9. The molecule has 0 atom stereocenters. The number of terminal acetylenes is 1. The van der Waals surface area contributed by atoms with Crippen molar-refractivity contribution in [1.29, 1.82) is 0 Å². The molecule has 0 aliphatic rings. The first-order valence-corrected chi connectivity index (χ1v) is 3.10. The normalized spacial score (nSPS) is 6.55. The molecule has 1 N–H and O–H groups in total. The Bertz CT molecular complexity index is 182. The van der Waals surface area contributed by atoms with Gasteiger partial charge in [-0.1, -0.05) is 0 Å². The second-order valence-corrected chi connectivity index (χ2v) is 1.61. The first-order valence-electron chi connectivity index (χ1n) is 3.10. The van der Waals surface area contributed by atoms with Crippen molar-refractivity contribution in [3.8, 4) is 12.8 Å². The number of nitrogens with zero attached hydrogens (tertiary/aromatic N) is 1. The van der Waals surface area contributed by atoms with E-state index in [1.165, 1.54) is 0 Å². The van der Waals surface area contributed by atoms with Gasteiger partial charge in [0.25, 0.3) is 0 Å². The standard InChI is InChI=1S/C5H8N2.C2H4.C2H2/c1-4-5(2)7-3-6-4;2*1-2/h3H,1-2H3,(H,6,7);1-2H2;1-2H. The number of rotatable bonds is 0. The fourth-order valence-electron chi connectivity index (χ4n) is 0.427. The predicted octanol–water partition coefficient (Wildman–Crippen LogP) is 2.08. The summed E-state index contributed by atoms with van der Waals surface area (Å²) in [5.41, 5.74) is 2.24. The number of nitrogens with one attached hydrogen (secondary N) is 1. The third-order valence-electron chi connectivity index (χ3n) is 1.08. The fourth-order valence-corrected chi connectivity index (χ4v) is 0.427. The molecular weight excluding hydrogens is 136 g/mol. The van der Waals surface area contributed by atoms with E-state index in [2.05, 4.69) is 36.0 Å². The van der Waals surface area contributed by atoms with Crippen molar-refractivity contribution >= 4 is 0 Å². The summed E-state index contributed by atoms with van der Waals surface area (Å²) in [7, 11) is 0. The summed E-state index contributed by atoms with van der Waals surface area (Å²) in [5.74, 6) is 0. The number of H-pyrrole nitrogens is 1. The van der Waals surface area contributed by atoms with E-state index in [9.17, 15) is 0 Å². The molecule has 2 nitrogen and oxygen atoms in total. The Morgan fingerprint density at radius 3 is 1.91 bits per heavy atom. The maximum atomic E-state index is 4.00. The van der Waals surface area contributed by atoms with Gasteiger partial charge < -0.3 is 4.98 Å². The van der Waals surface area contributed by atoms with Gasteiger partial charge in [-0.2, -0.15) is 0 Å². The van der Waals surface area contributed by atoms with Crippen LogP contribution in [0.2, 0.25) is 0 Å². The molecule has 0 unspecified atom stereocenters. The topological polar surface area (TPSA) is 28.7 Å². The van der Waals surface area contributed by atoms with Gasteiger partial charge in [0.15, 0.2) is 0 Å². The van der Waals surface area contributed by atoms with E-state index in [0.29, 0.717) is 0 Å². The zero-order valence-electron chi connectivity index (χ0n) is 7.09. The number of aromatic nitrogens is 2. The number of hydrogen-bond acceptors (Lipinski definition) is 1. The van der Waals surface area contributed by atoms with Gasteiger partial charge in [-0.3, -0.25) is 0 Å². The zero-order valence-corrected chi connectivity index (χ0v) is 7.09. The molecule has 0 aliphatic carbocycles. The minimum Gasteiger partial charge on any atom is -0.348 e. The van der Waals surface area contributed by atoms with Gasteiger partial charge in [-0.25, -0.2) is 4.98 Å². The molecular formula is C9H14N2. The van der Waals surface area contributed by atoms with E-state index < -0.39 is 0 Å². The molecule has 0 saturated heterocycles. The molecule has 2 heteroatoms. The van der Waals surface area contributed by atoms with Crippen LogP contribution in [0.5, 0.6) is 0 Å². The predicted molar refractivity (Wildman–Crippen MR) is 49.2 cm³/mol. The molecule has 0 spiro atoms. The zero-order chi connectivity index (χ0) is 9.28. The molecule has 1 aromatic rings. The van der Waals surface area contributed by atoms with Crippen LogP contribution in [0.4, 0.5) is 0 Å². The van der Waals surface area contributed by atoms with Gasteiger partial charge in [0.05, 0.1) is 12.0 Å². The van der Waals surface area contributed by atoms with E-state index in [-0.39, 0.29) is 0 Å². The van der Waals surface area contributed by atoms with Crippen molar-refractivity contribution in [1.82, 2.24) is 9.97 Å². The molecule has 0 aliphatic heterocycles. The van der Waals surface area contributed by atoms with Crippen molar-refractivity contribution in [2.45, 2.75) is 13.8 Å². The Balaban J connectivity index is 0. The highest BCUT2D eigenvalue weighted by molar-refractivity contribution is 5.04. The van der Waals surface area contributed by atoms with Crippen LogP contribution in [0.25, 0.3) is 0 Å². The molecule has 60 valence electrons. The van der Waals surface area contributed by atoms with E-state index in [0.717, 1.165) is 11.4 Å². The number of aromatic amines is 1. The maximum Gasteiger partial charge on any atom is 0.0925 e. The highest BCUT2D eigenvalue weighted by Crippen LogP contribution is 1.94. The Morgan fingerprint density at radius 1 is 1.36 bits per heavy atom. The van der Waals surface area contributed by atoms with Crippen molar-refractivity contribution in [3.63, 3.8) is 0 Å². The second kappa shape index (κ2) is 8.51. The van der Waals surface area contributed by atoms with Crippen LogP contribution in [-0.2, 0) is 0 Å². The van der Waals surface area contributed by atoms with Crippen LogP contribution < -0.4 is 0 Å². The van der Waals surface area contributed by atoms with Crippen molar-refractivity contribution < 1.29 is 0 Å². The van der Waals surface area contributed by atoms with Gasteiger partial charge in [-0.15, -0.1) is 26.0 Å². The molecule has 0 fully saturated rings. The van der Waals surface area contributed by atoms with Gasteiger partial charge >= 0.3 is 0 Å². The average Bonchev–Trinajstić information content (AvgIpc) is 2.44. The summed E-state index contributed by atoms with van der Waals surface area (Å²) >= 11 is 0. The molecule has 0 amide bonds. The minimum atomic E-state index is 1.08. The minimum absolute atomic E-state index is 1.08. The van der Waals surface area contributed by atoms with Crippen LogP contribution >= 0.6 is 0 Å². The number of hydrogen-bond donors (Lipinski definition) is 1. The Labute approximate surface area is 68.4 Å². The maximum absolute atomic E-state index is 4.00. The lowest BCUT2D eigenvalue weighted by Crippen LogP contribution is -1.71. The Hall–Kier alpha value is -1.49. The summed E-state index contributed by atoms with van der Waals surface area (Å²) in [6.07, 6.45) is 9.70. The van der Waals surface area contributed by atoms with Gasteiger partial charge in [0, 0.05) is 5.69 Å². The first kappa shape index (κ1) is 12.2. The van der Waals surface area contributed by atoms with Crippen LogP contribution in [0.3, 0.4) is 0 Å². The second-order valence-electron chi connectivity index (χ2n) is 1.61. The molecule has 0 saturated carbocycles. The lowest BCUT2D eigenvalue weighted by atomic mass is 10.4. The molecule has 0 radical (unpaired) electrons. The van der Waals surface area contributed by atoms with E-state index in [4.69, 9.17) is 0 Å². The number of aryl methyl sites for hydroxylation is 2. The smallest absolute Gasteiger partial charge is 0.0925 e. The first-order chi connectivity index (χ1) is 5.30. The monoisotopic (exact) mass is 150 g/mol. The fraction of sp³-hybridized carbons (Fsp3) is 0.222. The summed E-state index contributed by atoms with van der Waals surface area (Å²) in [5, 5.41) is 0. The molecule has 1 rings (SSSR count). The van der Waals surface area contributed by atoms with Crippen LogP contribution in [-0.4, -0.2) is 9.97 Å². The molecule has 1 heterocycles. The van der Waals surface area contributed by atoms with Crippen molar-refractivity contribution in [2.75, 3.05) is 0 Å². The van der Waals surface area contributed by atoms with Crippen molar-refractivity contribution in [3.05, 3.63) is 30.9 Å². The largest absolute Gasteiger partial charge is 0.348 e. The van der Waals surface area contributed by atoms with E-state index in [1.807, 2.05) is 13.8 Å². The average molecular weight is 150 g/mol. The number of imidazole rings is 1. The van der Waals surface area contributed by atoms with Crippen LogP contribution in [0.1, 0.15) is 11.4 Å². The summed E-state index contributed by atoms with van der Waals surface area (Å²) in [4.78, 5) is 6.92. The lowest BCUT2D eigenvalue weighted by molar-refractivity contribution is 1.22. The summed E-state index contributed by atoms with van der Waals surface area (Å²) < 4.78 is 0. The molecule has 0 bridgehead atoms. The van der Waals surface area contributed by atoms with Crippen LogP contribution in [0, 0.1) is 26.7 Å². The van der Waals surface area contributed by atoms with E-state index in [1.54, 1.807) is 6.33 Å². The lowest BCUT2D eigenvalue weighted by Gasteiger charge is -1.79. The third-order valence-corrected chi connectivity index (χ3v) is 1.08. The summed E-state index contributed by atoms with van der Waals surface area (Å²) in [6.45, 7) is 9.98. The Kier molecular flexibility index (Phi) is 9.45. The van der Waals surface area contributed by atoms with Gasteiger partial charge in [0.2, 0.25) is 0 Å². The molecule has 11 heavy (non-hydrogen) atoms. The SMILES string of the molecule is C#C.C=C.Cc1nc[nH]c1C. The third kappa shape index (κ3) is 4.98. The quantitative estimate of drug-likeness (QED) is 0.445.